The number of piperazine rings is 1. The molecule has 5 heterocycles. The molecule has 4 N–H and O–H groups in total. The van der Waals surface area contributed by atoms with E-state index in [1.807, 2.05) is 11.0 Å². The molecule has 4 aliphatic rings. The number of piperidine rings is 2. The first-order valence-corrected chi connectivity index (χ1v) is 20.2. The number of carbonyl (C=O) groups is 5. The number of nitrogens with zero attached hydrogens (tertiary/aromatic N) is 6. The SMILES string of the molecule is C=CC(=O)Nc1cc2c(Nc3ccc(F)c(Cl)c3)ncnc2cc1OCN1CCC(N2CCN(C(=O)CNc3cccc4c3CN(C3CCC(=O)NC3=O)C4=O)CC2)CC1. The van der Waals surface area contributed by atoms with E-state index in [1.54, 1.807) is 30.3 Å². The molecule has 1 unspecified atom stereocenters. The molecule has 60 heavy (non-hydrogen) atoms. The molecule has 3 saturated heterocycles. The second kappa shape index (κ2) is 17.6. The standard InChI is InChI=1S/C42H44ClFN10O6/c1-2-37(55)49-34-19-28-33(46-23-47-40(28)48-25-6-7-31(44)30(43)18-25)20-36(34)60-24-51-12-10-26(11-13-51)52-14-16-53(17-15-52)39(57)21-45-32-5-3-4-27-29(32)22-54(42(27)59)35-8-9-38(56)50-41(35)58/h2-7,18-20,23,26,35,45H,1,8-17,21-22,24H2,(H,49,55)(H,46,47,48)(H,50,56,58). The molecule has 4 aliphatic heterocycles. The Balaban J connectivity index is 0.816. The van der Waals surface area contributed by atoms with Gasteiger partial charge in [-0.25, -0.2) is 14.4 Å². The number of hydrogen-bond donors (Lipinski definition) is 4. The lowest BCUT2D eigenvalue weighted by atomic mass is 10.0. The van der Waals surface area contributed by atoms with Gasteiger partial charge in [0.2, 0.25) is 23.6 Å². The van der Waals surface area contributed by atoms with Gasteiger partial charge in [0.05, 0.1) is 22.8 Å². The van der Waals surface area contributed by atoms with Gasteiger partial charge in [0.1, 0.15) is 36.5 Å². The third-order valence-corrected chi connectivity index (χ3v) is 11.8. The third-order valence-electron chi connectivity index (χ3n) is 11.5. The van der Waals surface area contributed by atoms with Crippen molar-refractivity contribution in [3.63, 3.8) is 0 Å². The Hall–Kier alpha value is -6.17. The monoisotopic (exact) mass is 838 g/mol. The molecule has 0 aliphatic carbocycles. The Morgan fingerprint density at radius 3 is 2.53 bits per heavy atom. The maximum absolute atomic E-state index is 13.8. The number of likely N-dealkylation sites (tertiary alicyclic amines) is 1. The van der Waals surface area contributed by atoms with Crippen LogP contribution in [-0.2, 0) is 25.7 Å². The molecular formula is C42H44ClFN10O6. The number of imide groups is 1. The summed E-state index contributed by atoms with van der Waals surface area (Å²) in [5, 5.41) is 12.1. The fraction of sp³-hybridized carbons (Fsp3) is 0.357. The molecule has 3 aromatic carbocycles. The van der Waals surface area contributed by atoms with Crippen molar-refractivity contribution in [3.8, 4) is 5.75 Å². The highest BCUT2D eigenvalue weighted by atomic mass is 35.5. The van der Waals surface area contributed by atoms with E-state index in [-0.39, 0.29) is 48.7 Å². The predicted octanol–water partition coefficient (Wildman–Crippen LogP) is 4.11. The topological polar surface area (TPSA) is 181 Å². The number of fused-ring (bicyclic) bond motifs is 2. The zero-order valence-electron chi connectivity index (χ0n) is 32.7. The normalized spacial score (nSPS) is 18.9. The molecule has 18 heteroatoms. The summed E-state index contributed by atoms with van der Waals surface area (Å²) in [4.78, 5) is 79.9. The average molecular weight is 839 g/mol. The Morgan fingerprint density at radius 2 is 1.78 bits per heavy atom. The highest BCUT2D eigenvalue weighted by Crippen LogP contribution is 2.35. The molecule has 0 bridgehead atoms. The zero-order valence-corrected chi connectivity index (χ0v) is 33.5. The second-order valence-corrected chi connectivity index (χ2v) is 15.6. The first-order chi connectivity index (χ1) is 29.0. The number of aromatic nitrogens is 2. The molecule has 1 atom stereocenters. The van der Waals surface area contributed by atoms with Gasteiger partial charge in [-0.1, -0.05) is 24.2 Å². The van der Waals surface area contributed by atoms with Gasteiger partial charge >= 0.3 is 0 Å². The Bertz CT molecular complexity index is 2370. The van der Waals surface area contributed by atoms with Crippen LogP contribution in [0.3, 0.4) is 0 Å². The number of hydrogen-bond acceptors (Lipinski definition) is 12. The van der Waals surface area contributed by atoms with E-state index in [2.05, 4.69) is 47.6 Å². The lowest BCUT2D eigenvalue weighted by Gasteiger charge is -2.42. The van der Waals surface area contributed by atoms with Crippen molar-refractivity contribution in [2.24, 2.45) is 0 Å². The van der Waals surface area contributed by atoms with Crippen LogP contribution >= 0.6 is 11.6 Å². The summed E-state index contributed by atoms with van der Waals surface area (Å²) >= 11 is 5.98. The number of nitrogens with one attached hydrogen (secondary N) is 4. The van der Waals surface area contributed by atoms with Gasteiger partial charge in [-0.2, -0.15) is 0 Å². The lowest BCUT2D eigenvalue weighted by Crippen LogP contribution is -2.55. The summed E-state index contributed by atoms with van der Waals surface area (Å²) < 4.78 is 20.0. The van der Waals surface area contributed by atoms with Crippen LogP contribution in [0, 0.1) is 5.82 Å². The highest BCUT2D eigenvalue weighted by Gasteiger charge is 2.40. The number of ether oxygens (including phenoxy) is 1. The fourth-order valence-corrected chi connectivity index (χ4v) is 8.42. The summed E-state index contributed by atoms with van der Waals surface area (Å²) in [6.07, 6.45) is 4.91. The maximum Gasteiger partial charge on any atom is 0.255 e. The van der Waals surface area contributed by atoms with E-state index in [9.17, 15) is 28.4 Å². The summed E-state index contributed by atoms with van der Waals surface area (Å²) in [6, 6.07) is 12.7. The van der Waals surface area contributed by atoms with Crippen molar-refractivity contribution in [1.82, 2.24) is 34.9 Å². The third kappa shape index (κ3) is 8.73. The van der Waals surface area contributed by atoms with Gasteiger partial charge in [0.15, 0.2) is 0 Å². The molecule has 16 nitrogen and oxygen atoms in total. The lowest BCUT2D eigenvalue weighted by molar-refractivity contribution is -0.137. The number of carbonyl (C=O) groups excluding carboxylic acids is 5. The zero-order chi connectivity index (χ0) is 41.9. The van der Waals surface area contributed by atoms with Gasteiger partial charge in [0, 0.05) is 92.2 Å². The van der Waals surface area contributed by atoms with Crippen LogP contribution in [-0.4, -0.2) is 124 Å². The van der Waals surface area contributed by atoms with E-state index in [4.69, 9.17) is 16.3 Å². The molecule has 1 aromatic heterocycles. The average Bonchev–Trinajstić information content (AvgIpc) is 3.59. The quantitative estimate of drug-likeness (QED) is 0.119. The van der Waals surface area contributed by atoms with E-state index in [0.29, 0.717) is 71.0 Å². The first kappa shape index (κ1) is 40.6. The minimum atomic E-state index is -0.706. The molecule has 0 radical (unpaired) electrons. The molecule has 8 rings (SSSR count). The summed E-state index contributed by atoms with van der Waals surface area (Å²) in [6.45, 7) is 8.52. The number of amides is 5. The summed E-state index contributed by atoms with van der Waals surface area (Å²) in [7, 11) is 0. The molecular weight excluding hydrogens is 795 g/mol. The minimum absolute atomic E-state index is 0.0281. The van der Waals surface area contributed by atoms with Crippen molar-refractivity contribution in [2.75, 3.05) is 68.5 Å². The number of benzene rings is 3. The van der Waals surface area contributed by atoms with E-state index in [1.165, 1.54) is 29.4 Å². The molecule has 0 saturated carbocycles. The highest BCUT2D eigenvalue weighted by molar-refractivity contribution is 6.31. The van der Waals surface area contributed by atoms with Crippen molar-refractivity contribution < 1.29 is 33.1 Å². The molecule has 0 spiro atoms. The number of halogens is 2. The first-order valence-electron chi connectivity index (χ1n) is 19.9. The second-order valence-electron chi connectivity index (χ2n) is 15.2. The maximum atomic E-state index is 13.8. The Morgan fingerprint density at radius 1 is 0.983 bits per heavy atom. The van der Waals surface area contributed by atoms with Crippen molar-refractivity contribution in [1.29, 1.82) is 0 Å². The van der Waals surface area contributed by atoms with Crippen LogP contribution in [0.5, 0.6) is 5.75 Å². The molecule has 4 aromatic rings. The van der Waals surface area contributed by atoms with Crippen LogP contribution in [0.1, 0.15) is 41.6 Å². The van der Waals surface area contributed by atoms with E-state index in [0.717, 1.165) is 44.6 Å². The van der Waals surface area contributed by atoms with Crippen LogP contribution < -0.4 is 26.0 Å². The van der Waals surface area contributed by atoms with E-state index >= 15 is 0 Å². The summed E-state index contributed by atoms with van der Waals surface area (Å²) in [5.74, 6) is -1.16. The van der Waals surface area contributed by atoms with Gasteiger partial charge < -0.3 is 30.5 Å². The number of anilines is 4. The molecule has 312 valence electrons. The largest absolute Gasteiger partial charge is 0.476 e. The molecule has 3 fully saturated rings. The van der Waals surface area contributed by atoms with Gasteiger partial charge in [-0.05, 0) is 61.7 Å². The Kier molecular flexibility index (Phi) is 11.9. The predicted molar refractivity (Wildman–Crippen MR) is 222 cm³/mol. The number of rotatable bonds is 12. The minimum Gasteiger partial charge on any atom is -0.476 e. The van der Waals surface area contributed by atoms with Crippen LogP contribution in [0.4, 0.5) is 27.3 Å². The van der Waals surface area contributed by atoms with Gasteiger partial charge in [-0.15, -0.1) is 0 Å². The van der Waals surface area contributed by atoms with Crippen LogP contribution in [0.25, 0.3) is 10.9 Å². The van der Waals surface area contributed by atoms with Gasteiger partial charge in [0.25, 0.3) is 5.91 Å². The smallest absolute Gasteiger partial charge is 0.255 e. The van der Waals surface area contributed by atoms with Crippen LogP contribution in [0.2, 0.25) is 5.02 Å². The van der Waals surface area contributed by atoms with Crippen molar-refractivity contribution in [3.05, 3.63) is 89.5 Å². The van der Waals surface area contributed by atoms with Crippen molar-refractivity contribution >= 4 is 74.9 Å². The van der Waals surface area contributed by atoms with Gasteiger partial charge in [-0.3, -0.25) is 39.1 Å². The fourth-order valence-electron chi connectivity index (χ4n) is 8.24. The molecule has 5 amide bonds. The summed E-state index contributed by atoms with van der Waals surface area (Å²) in [5.41, 5.74) is 3.43. The van der Waals surface area contributed by atoms with Crippen molar-refractivity contribution in [2.45, 2.75) is 44.3 Å². The Labute approximate surface area is 350 Å². The van der Waals surface area contributed by atoms with E-state index < -0.39 is 23.7 Å². The van der Waals surface area contributed by atoms with Crippen LogP contribution in [0.15, 0.2) is 67.5 Å².